The highest BCUT2D eigenvalue weighted by Gasteiger charge is 2.18. The van der Waals surface area contributed by atoms with E-state index in [9.17, 15) is 9.18 Å². The molecule has 0 fully saturated rings. The summed E-state index contributed by atoms with van der Waals surface area (Å²) in [6.07, 6.45) is 2.23. The van der Waals surface area contributed by atoms with Gasteiger partial charge in [0.1, 0.15) is 11.5 Å². The molecule has 1 aromatic carbocycles. The maximum Gasteiger partial charge on any atom is 0.214 e. The topological polar surface area (TPSA) is 30.0 Å². The van der Waals surface area contributed by atoms with Gasteiger partial charge >= 0.3 is 0 Å². The summed E-state index contributed by atoms with van der Waals surface area (Å²) in [5, 5.41) is 0. The molecule has 0 radical (unpaired) electrons. The second-order valence-corrected chi connectivity index (χ2v) is 4.65. The van der Waals surface area contributed by atoms with Gasteiger partial charge in [-0.2, -0.15) is 0 Å². The number of carbonyl (C=O) groups is 1. The van der Waals surface area contributed by atoms with Crippen molar-refractivity contribution in [2.75, 3.05) is 0 Å². The molecule has 0 atom stereocenters. The van der Waals surface area contributed by atoms with Gasteiger partial charge in [-0.05, 0) is 46.1 Å². The summed E-state index contributed by atoms with van der Waals surface area (Å²) < 4.78 is 14.2. The van der Waals surface area contributed by atoms with Gasteiger partial charge in [0.25, 0.3) is 0 Å². The van der Waals surface area contributed by atoms with Gasteiger partial charge in [0.15, 0.2) is 0 Å². The third kappa shape index (κ3) is 2.34. The molecule has 0 spiro atoms. The van der Waals surface area contributed by atoms with E-state index in [0.717, 1.165) is 5.56 Å². The Balaban J connectivity index is 2.52. The predicted molar refractivity (Wildman–Crippen MR) is 71.1 cm³/mol. The van der Waals surface area contributed by atoms with Gasteiger partial charge in [-0.15, -0.1) is 0 Å². The third-order valence-electron chi connectivity index (χ3n) is 2.68. The Hall–Kier alpha value is -1.55. The number of halogens is 2. The molecule has 0 aliphatic heterocycles. The maximum atomic E-state index is 13.9. The number of nitrogens with zero attached hydrogens (tertiary/aromatic N) is 1. The van der Waals surface area contributed by atoms with Crippen LogP contribution in [-0.4, -0.2) is 10.8 Å². The van der Waals surface area contributed by atoms with Crippen molar-refractivity contribution in [1.29, 1.82) is 0 Å². The molecule has 0 bridgehead atoms. The Kier molecular flexibility index (Phi) is 3.87. The Labute approximate surface area is 113 Å². The first kappa shape index (κ1) is 12.9. The number of carbonyl (C=O) groups excluding carboxylic acids is 1. The highest BCUT2D eigenvalue weighted by molar-refractivity contribution is 9.10. The molecule has 2 rings (SSSR count). The molecule has 1 aromatic heterocycles. The van der Waals surface area contributed by atoms with Crippen LogP contribution < -0.4 is 0 Å². The first-order chi connectivity index (χ1) is 8.65. The smallest absolute Gasteiger partial charge is 0.214 e. The fraction of sp³-hybridized carbons (Fsp3) is 0.143. The van der Waals surface area contributed by atoms with Crippen molar-refractivity contribution in [2.24, 2.45) is 0 Å². The van der Waals surface area contributed by atoms with E-state index < -0.39 is 5.82 Å². The Bertz CT molecular complexity index is 598. The van der Waals surface area contributed by atoms with E-state index in [0.29, 0.717) is 12.1 Å². The summed E-state index contributed by atoms with van der Waals surface area (Å²) >= 11 is 3.07. The van der Waals surface area contributed by atoms with Gasteiger partial charge in [0.05, 0.1) is 10.0 Å². The second kappa shape index (κ2) is 5.40. The Morgan fingerprint density at radius 3 is 2.83 bits per heavy atom. The molecule has 0 aliphatic carbocycles. The van der Waals surface area contributed by atoms with E-state index in [-0.39, 0.29) is 15.8 Å². The van der Waals surface area contributed by atoms with Crippen LogP contribution in [0.25, 0.3) is 0 Å². The van der Waals surface area contributed by atoms with Crippen molar-refractivity contribution in [3.63, 3.8) is 0 Å². The molecule has 0 saturated heterocycles. The van der Waals surface area contributed by atoms with Crippen molar-refractivity contribution in [1.82, 2.24) is 4.98 Å². The number of rotatable bonds is 3. The second-order valence-electron chi connectivity index (χ2n) is 3.80. The fourth-order valence-corrected chi connectivity index (χ4v) is 2.10. The van der Waals surface area contributed by atoms with Gasteiger partial charge in [0.2, 0.25) is 5.78 Å². The van der Waals surface area contributed by atoms with Crippen LogP contribution in [-0.2, 0) is 6.42 Å². The van der Waals surface area contributed by atoms with Crippen LogP contribution in [0, 0.1) is 5.82 Å². The van der Waals surface area contributed by atoms with Crippen molar-refractivity contribution >= 4 is 21.7 Å². The zero-order valence-corrected chi connectivity index (χ0v) is 11.4. The quantitative estimate of drug-likeness (QED) is 0.808. The van der Waals surface area contributed by atoms with E-state index in [1.54, 1.807) is 24.4 Å². The summed E-state index contributed by atoms with van der Waals surface area (Å²) in [4.78, 5) is 16.3. The van der Waals surface area contributed by atoms with Crippen molar-refractivity contribution < 1.29 is 9.18 Å². The minimum atomic E-state index is -0.546. The van der Waals surface area contributed by atoms with Crippen LogP contribution in [0.15, 0.2) is 41.0 Å². The van der Waals surface area contributed by atoms with E-state index >= 15 is 0 Å². The van der Waals surface area contributed by atoms with Crippen LogP contribution in [0.3, 0.4) is 0 Å². The SMILES string of the molecule is CCc1cccnc1C(=O)c1cccc(Br)c1F. The van der Waals surface area contributed by atoms with Gasteiger partial charge in [-0.3, -0.25) is 9.78 Å². The molecular weight excluding hydrogens is 297 g/mol. The molecule has 2 nitrogen and oxygen atoms in total. The Morgan fingerprint density at radius 2 is 2.11 bits per heavy atom. The lowest BCUT2D eigenvalue weighted by atomic mass is 10.0. The summed E-state index contributed by atoms with van der Waals surface area (Å²) in [5.74, 6) is -0.929. The van der Waals surface area contributed by atoms with Crippen LogP contribution in [0.4, 0.5) is 4.39 Å². The maximum absolute atomic E-state index is 13.9. The molecule has 0 N–H and O–H groups in total. The highest BCUT2D eigenvalue weighted by Crippen LogP contribution is 2.21. The van der Waals surface area contributed by atoms with Crippen LogP contribution in [0.5, 0.6) is 0 Å². The summed E-state index contributed by atoms with van der Waals surface area (Å²) in [5.41, 5.74) is 1.18. The lowest BCUT2D eigenvalue weighted by Crippen LogP contribution is -2.09. The largest absolute Gasteiger partial charge is 0.287 e. The van der Waals surface area contributed by atoms with Crippen LogP contribution in [0.2, 0.25) is 0 Å². The van der Waals surface area contributed by atoms with E-state index in [1.165, 1.54) is 6.07 Å². The third-order valence-corrected chi connectivity index (χ3v) is 3.30. The van der Waals surface area contributed by atoms with Gasteiger partial charge < -0.3 is 0 Å². The van der Waals surface area contributed by atoms with Gasteiger partial charge in [0, 0.05) is 6.20 Å². The minimum Gasteiger partial charge on any atom is -0.287 e. The van der Waals surface area contributed by atoms with E-state index in [2.05, 4.69) is 20.9 Å². The highest BCUT2D eigenvalue weighted by atomic mass is 79.9. The lowest BCUT2D eigenvalue weighted by molar-refractivity contribution is 0.102. The van der Waals surface area contributed by atoms with Crippen LogP contribution in [0.1, 0.15) is 28.5 Å². The van der Waals surface area contributed by atoms with Gasteiger partial charge in [-0.25, -0.2) is 4.39 Å². The number of benzene rings is 1. The average molecular weight is 308 g/mol. The number of aryl methyl sites for hydroxylation is 1. The normalized spacial score (nSPS) is 10.4. The molecule has 0 aliphatic rings. The molecule has 4 heteroatoms. The Morgan fingerprint density at radius 1 is 1.33 bits per heavy atom. The number of aromatic nitrogens is 1. The first-order valence-corrected chi connectivity index (χ1v) is 6.37. The molecule has 0 amide bonds. The van der Waals surface area contributed by atoms with E-state index in [4.69, 9.17) is 0 Å². The molecule has 2 aromatic rings. The molecule has 92 valence electrons. The summed E-state index contributed by atoms with van der Waals surface area (Å²) in [6.45, 7) is 1.94. The average Bonchev–Trinajstić information content (AvgIpc) is 2.41. The number of hydrogen-bond donors (Lipinski definition) is 0. The lowest BCUT2D eigenvalue weighted by Gasteiger charge is -2.07. The summed E-state index contributed by atoms with van der Waals surface area (Å²) in [7, 11) is 0. The zero-order valence-electron chi connectivity index (χ0n) is 9.78. The molecule has 1 heterocycles. The van der Waals surface area contributed by atoms with Gasteiger partial charge in [-0.1, -0.05) is 19.1 Å². The number of hydrogen-bond acceptors (Lipinski definition) is 2. The predicted octanol–water partition coefficient (Wildman–Crippen LogP) is 3.78. The zero-order chi connectivity index (χ0) is 13.1. The van der Waals surface area contributed by atoms with Crippen molar-refractivity contribution in [3.05, 3.63) is 63.6 Å². The monoisotopic (exact) mass is 307 g/mol. The number of pyridine rings is 1. The number of ketones is 1. The molecule has 0 saturated carbocycles. The summed E-state index contributed by atoms with van der Waals surface area (Å²) in [6, 6.07) is 8.26. The fourth-order valence-electron chi connectivity index (χ4n) is 1.74. The molecule has 0 unspecified atom stereocenters. The molecule has 18 heavy (non-hydrogen) atoms. The minimum absolute atomic E-state index is 0.0396. The van der Waals surface area contributed by atoms with Crippen LogP contribution >= 0.6 is 15.9 Å². The first-order valence-electron chi connectivity index (χ1n) is 5.57. The molecular formula is C14H11BrFNO. The van der Waals surface area contributed by atoms with Crippen molar-refractivity contribution in [3.8, 4) is 0 Å². The van der Waals surface area contributed by atoms with Crippen molar-refractivity contribution in [2.45, 2.75) is 13.3 Å². The standard InChI is InChI=1S/C14H11BrFNO/c1-2-9-5-4-8-17-13(9)14(18)10-6-3-7-11(15)12(10)16/h3-8H,2H2,1H3. The van der Waals surface area contributed by atoms with E-state index in [1.807, 2.05) is 13.0 Å².